The molecule has 0 saturated heterocycles. The van der Waals surface area contributed by atoms with E-state index in [2.05, 4.69) is 4.99 Å². The third kappa shape index (κ3) is 3.85. The van der Waals surface area contributed by atoms with Gasteiger partial charge in [0.2, 0.25) is 0 Å². The second-order valence-corrected chi connectivity index (χ2v) is 8.15. The van der Waals surface area contributed by atoms with Gasteiger partial charge in [0.05, 0.1) is 35.6 Å². The first-order chi connectivity index (χ1) is 15.4. The smallest absolute Gasteiger partial charge is 0.338 e. The average Bonchev–Trinajstić information content (AvgIpc) is 3.09. The predicted octanol–water partition coefficient (Wildman–Crippen LogP) is 2.51. The van der Waals surface area contributed by atoms with Gasteiger partial charge in [0.25, 0.3) is 5.56 Å². The van der Waals surface area contributed by atoms with Crippen LogP contribution in [0, 0.1) is 0 Å². The van der Waals surface area contributed by atoms with Crippen LogP contribution in [-0.2, 0) is 9.53 Å². The molecular formula is C24H22N2O5S. The van der Waals surface area contributed by atoms with E-state index >= 15 is 0 Å². The van der Waals surface area contributed by atoms with E-state index in [-0.39, 0.29) is 17.9 Å². The van der Waals surface area contributed by atoms with Gasteiger partial charge in [0, 0.05) is 0 Å². The second-order valence-electron chi connectivity index (χ2n) is 7.14. The fraction of sp³-hybridized carbons (Fsp3) is 0.208. The zero-order valence-corrected chi connectivity index (χ0v) is 18.7. The topological polar surface area (TPSA) is 90.1 Å². The van der Waals surface area contributed by atoms with Crippen molar-refractivity contribution in [3.63, 3.8) is 0 Å². The molecule has 0 amide bonds. The van der Waals surface area contributed by atoms with Gasteiger partial charge in [0.1, 0.15) is 0 Å². The highest BCUT2D eigenvalue weighted by atomic mass is 32.1. The molecular weight excluding hydrogens is 428 g/mol. The summed E-state index contributed by atoms with van der Waals surface area (Å²) in [5.41, 5.74) is 2.11. The lowest BCUT2D eigenvalue weighted by Gasteiger charge is -2.24. The molecule has 1 aliphatic rings. The van der Waals surface area contributed by atoms with Crippen LogP contribution in [0.25, 0.3) is 6.08 Å². The summed E-state index contributed by atoms with van der Waals surface area (Å²) in [5, 5.41) is 9.84. The molecule has 0 saturated carbocycles. The standard InChI is InChI=1S/C24H22N2O5S/c1-4-31-23(29)20-14(2)25-24-26(21(20)16-8-6-5-7-9-16)22(28)19(32-24)13-15-10-11-17(27)18(12-15)30-3/h5-13,21,27H,4H2,1-3H3. The molecule has 8 heteroatoms. The van der Waals surface area contributed by atoms with Gasteiger partial charge in [-0.25, -0.2) is 9.79 Å². The van der Waals surface area contributed by atoms with Crippen molar-refractivity contribution in [1.82, 2.24) is 4.57 Å². The molecule has 0 fully saturated rings. The van der Waals surface area contributed by atoms with Crippen LogP contribution in [0.4, 0.5) is 0 Å². The Labute approximate surface area is 188 Å². The van der Waals surface area contributed by atoms with Crippen molar-refractivity contribution in [3.8, 4) is 11.5 Å². The molecule has 0 bridgehead atoms. The Bertz CT molecular complexity index is 1390. The molecule has 0 aliphatic carbocycles. The monoisotopic (exact) mass is 450 g/mol. The Morgan fingerprint density at radius 1 is 1.25 bits per heavy atom. The number of benzene rings is 2. The van der Waals surface area contributed by atoms with Crippen LogP contribution in [0.15, 0.2) is 69.6 Å². The quantitative estimate of drug-likeness (QED) is 0.604. The SMILES string of the molecule is CCOC(=O)C1=C(C)N=c2sc(=Cc3ccc(O)c(OC)c3)c(=O)n2C1c1ccccc1. The number of carbonyl (C=O) groups is 1. The number of carbonyl (C=O) groups excluding carboxylic acids is 1. The second kappa shape index (κ2) is 8.84. The van der Waals surface area contributed by atoms with Gasteiger partial charge in [-0.05, 0) is 43.2 Å². The van der Waals surface area contributed by atoms with Crippen molar-refractivity contribution >= 4 is 23.4 Å². The fourth-order valence-corrected chi connectivity index (χ4v) is 4.72. The van der Waals surface area contributed by atoms with Crippen molar-refractivity contribution in [2.45, 2.75) is 19.9 Å². The Morgan fingerprint density at radius 2 is 2.00 bits per heavy atom. The number of thiazole rings is 1. The largest absolute Gasteiger partial charge is 0.504 e. The number of phenols is 1. The molecule has 3 aromatic rings. The van der Waals surface area contributed by atoms with Crippen LogP contribution in [0.1, 0.15) is 31.0 Å². The molecule has 1 aromatic heterocycles. The van der Waals surface area contributed by atoms with Crippen LogP contribution in [-0.4, -0.2) is 29.4 Å². The summed E-state index contributed by atoms with van der Waals surface area (Å²) in [6.45, 7) is 3.72. The summed E-state index contributed by atoms with van der Waals surface area (Å²) in [5.74, 6) is -0.154. The third-order valence-corrected chi connectivity index (χ3v) is 6.12. The van der Waals surface area contributed by atoms with E-state index in [4.69, 9.17) is 9.47 Å². The lowest BCUT2D eigenvalue weighted by atomic mass is 9.96. The van der Waals surface area contributed by atoms with Gasteiger partial charge in [-0.15, -0.1) is 0 Å². The minimum atomic E-state index is -0.636. The summed E-state index contributed by atoms with van der Waals surface area (Å²) in [6, 6.07) is 13.6. The normalized spacial score (nSPS) is 15.8. The molecule has 1 unspecified atom stereocenters. The highest BCUT2D eigenvalue weighted by molar-refractivity contribution is 7.07. The van der Waals surface area contributed by atoms with Crippen molar-refractivity contribution in [2.75, 3.05) is 13.7 Å². The van der Waals surface area contributed by atoms with E-state index in [0.29, 0.717) is 31.9 Å². The Kier molecular flexibility index (Phi) is 5.96. The minimum Gasteiger partial charge on any atom is -0.504 e. The number of hydrogen-bond donors (Lipinski definition) is 1. The van der Waals surface area contributed by atoms with E-state index in [1.807, 2.05) is 30.3 Å². The summed E-state index contributed by atoms with van der Waals surface area (Å²) in [4.78, 5) is 31.4. The minimum absolute atomic E-state index is 0.0184. The van der Waals surface area contributed by atoms with E-state index in [1.165, 1.54) is 24.5 Å². The zero-order chi connectivity index (χ0) is 22.8. The van der Waals surface area contributed by atoms with Crippen molar-refractivity contribution in [1.29, 1.82) is 0 Å². The van der Waals surface area contributed by atoms with E-state index < -0.39 is 12.0 Å². The highest BCUT2D eigenvalue weighted by Crippen LogP contribution is 2.30. The summed E-state index contributed by atoms with van der Waals surface area (Å²) >= 11 is 1.24. The maximum Gasteiger partial charge on any atom is 0.338 e. The van der Waals surface area contributed by atoms with Crippen molar-refractivity contribution in [3.05, 3.63) is 90.6 Å². The molecule has 1 aliphatic heterocycles. The van der Waals surface area contributed by atoms with Gasteiger partial charge in [0.15, 0.2) is 16.3 Å². The lowest BCUT2D eigenvalue weighted by Crippen LogP contribution is -2.39. The van der Waals surface area contributed by atoms with E-state index in [1.54, 1.807) is 36.6 Å². The van der Waals surface area contributed by atoms with Gasteiger partial charge < -0.3 is 14.6 Å². The Hall–Kier alpha value is -3.65. The summed E-state index contributed by atoms with van der Waals surface area (Å²) in [7, 11) is 1.46. The molecule has 164 valence electrons. The average molecular weight is 451 g/mol. The number of aromatic hydroxyl groups is 1. The maximum absolute atomic E-state index is 13.5. The summed E-state index contributed by atoms with van der Waals surface area (Å²) < 4.78 is 12.4. The number of aromatic nitrogens is 1. The van der Waals surface area contributed by atoms with Gasteiger partial charge >= 0.3 is 5.97 Å². The highest BCUT2D eigenvalue weighted by Gasteiger charge is 2.33. The third-order valence-electron chi connectivity index (χ3n) is 5.13. The molecule has 1 atom stereocenters. The number of hydrogen-bond acceptors (Lipinski definition) is 7. The van der Waals surface area contributed by atoms with Crippen molar-refractivity contribution < 1.29 is 19.4 Å². The van der Waals surface area contributed by atoms with E-state index in [9.17, 15) is 14.7 Å². The Balaban J connectivity index is 1.93. The number of rotatable bonds is 5. The van der Waals surface area contributed by atoms with E-state index in [0.717, 1.165) is 5.56 Å². The maximum atomic E-state index is 13.5. The number of fused-ring (bicyclic) bond motifs is 1. The van der Waals surface area contributed by atoms with Crippen LogP contribution in [0.5, 0.6) is 11.5 Å². The molecule has 4 rings (SSSR count). The Morgan fingerprint density at radius 3 is 2.69 bits per heavy atom. The number of esters is 1. The van der Waals surface area contributed by atoms with Gasteiger partial charge in [-0.1, -0.05) is 47.7 Å². The first-order valence-electron chi connectivity index (χ1n) is 10.1. The van der Waals surface area contributed by atoms with Crippen molar-refractivity contribution in [2.24, 2.45) is 4.99 Å². The number of methoxy groups -OCH3 is 1. The number of ether oxygens (including phenoxy) is 2. The van der Waals surface area contributed by atoms with Gasteiger partial charge in [-0.3, -0.25) is 9.36 Å². The lowest BCUT2D eigenvalue weighted by molar-refractivity contribution is -0.139. The molecule has 0 radical (unpaired) electrons. The van der Waals surface area contributed by atoms with Crippen LogP contribution in [0.2, 0.25) is 0 Å². The number of nitrogens with zero attached hydrogens (tertiary/aromatic N) is 2. The first-order valence-corrected chi connectivity index (χ1v) is 10.9. The molecule has 2 aromatic carbocycles. The molecule has 0 spiro atoms. The molecule has 32 heavy (non-hydrogen) atoms. The molecule has 2 heterocycles. The number of allylic oxidation sites excluding steroid dienone is 1. The molecule has 1 N–H and O–H groups in total. The number of phenolic OH excluding ortho intramolecular Hbond substituents is 1. The fourth-order valence-electron chi connectivity index (χ4n) is 3.68. The van der Waals surface area contributed by atoms with Crippen LogP contribution >= 0.6 is 11.3 Å². The van der Waals surface area contributed by atoms with Crippen LogP contribution < -0.4 is 19.6 Å². The van der Waals surface area contributed by atoms with Crippen LogP contribution in [0.3, 0.4) is 0 Å². The summed E-state index contributed by atoms with van der Waals surface area (Å²) in [6.07, 6.45) is 1.72. The zero-order valence-electron chi connectivity index (χ0n) is 17.9. The molecule has 7 nitrogen and oxygen atoms in total. The van der Waals surface area contributed by atoms with Gasteiger partial charge in [-0.2, -0.15) is 0 Å². The first kappa shape index (κ1) is 21.6. The predicted molar refractivity (Wildman–Crippen MR) is 121 cm³/mol.